The highest BCUT2D eigenvalue weighted by molar-refractivity contribution is 9.10. The second-order valence-corrected chi connectivity index (χ2v) is 9.64. The topological polar surface area (TPSA) is 87.5 Å². The summed E-state index contributed by atoms with van der Waals surface area (Å²) < 4.78 is 0.945. The van der Waals surface area contributed by atoms with Gasteiger partial charge in [-0.2, -0.15) is 5.11 Å². The van der Waals surface area contributed by atoms with E-state index in [1.165, 1.54) is 0 Å². The second kappa shape index (κ2) is 10.0. The maximum Gasteiger partial charge on any atom is 0.151 e. The second-order valence-electron chi connectivity index (χ2n) is 6.04. The van der Waals surface area contributed by atoms with E-state index in [9.17, 15) is 0 Å². The highest BCUT2D eigenvalue weighted by atomic mass is 79.9. The molecule has 0 radical (unpaired) electrons. The molecule has 0 aliphatic rings. The standard InChI is InChI=1S/C20H20BrN5S2/c1-27-28-10-2-3-18(22)13-5-8-16(9-6-13)25-26-19-17-11-15(21)7-4-14(17)12-24-20(19)23/h4-9,11-12,22H,2-3,10H2,1H3,(H2,23,24). The first-order valence-electron chi connectivity index (χ1n) is 8.67. The van der Waals surface area contributed by atoms with Crippen LogP contribution < -0.4 is 5.73 Å². The predicted octanol–water partition coefficient (Wildman–Crippen LogP) is 7.15. The van der Waals surface area contributed by atoms with Gasteiger partial charge in [0.15, 0.2) is 5.82 Å². The third-order valence-electron chi connectivity index (χ3n) is 4.11. The Morgan fingerprint density at radius 2 is 1.96 bits per heavy atom. The van der Waals surface area contributed by atoms with Crippen LogP contribution in [0.25, 0.3) is 10.8 Å². The van der Waals surface area contributed by atoms with E-state index < -0.39 is 0 Å². The van der Waals surface area contributed by atoms with Gasteiger partial charge in [-0.1, -0.05) is 55.7 Å². The number of fused-ring (bicyclic) bond motifs is 1. The Hall–Kier alpha value is -1.90. The van der Waals surface area contributed by atoms with E-state index in [4.69, 9.17) is 11.1 Å². The summed E-state index contributed by atoms with van der Waals surface area (Å²) in [6.45, 7) is 0. The summed E-state index contributed by atoms with van der Waals surface area (Å²) in [4.78, 5) is 4.21. The van der Waals surface area contributed by atoms with Crippen molar-refractivity contribution in [2.24, 2.45) is 10.2 Å². The van der Waals surface area contributed by atoms with E-state index in [0.29, 0.717) is 22.9 Å². The molecule has 5 nitrogen and oxygen atoms in total. The Kier molecular flexibility index (Phi) is 7.47. The molecule has 0 unspecified atom stereocenters. The minimum Gasteiger partial charge on any atom is -0.382 e. The minimum atomic E-state index is 0.343. The molecule has 0 aliphatic heterocycles. The first-order chi connectivity index (χ1) is 13.6. The van der Waals surface area contributed by atoms with Crippen LogP contribution in [0.5, 0.6) is 0 Å². The number of anilines is 1. The monoisotopic (exact) mass is 473 g/mol. The van der Waals surface area contributed by atoms with E-state index in [1.54, 1.807) is 17.0 Å². The number of aromatic nitrogens is 1. The lowest BCUT2D eigenvalue weighted by molar-refractivity contribution is 1.00. The van der Waals surface area contributed by atoms with Crippen LogP contribution >= 0.6 is 37.5 Å². The van der Waals surface area contributed by atoms with Crippen molar-refractivity contribution in [3.05, 3.63) is 58.7 Å². The van der Waals surface area contributed by atoms with Crippen molar-refractivity contribution in [3.63, 3.8) is 0 Å². The SMILES string of the molecule is CSSCCCC(=N)c1ccc(N=Nc2c(N)ncc3ccc(Br)cc23)cc1. The third-order valence-corrected chi connectivity index (χ3v) is 6.50. The molecule has 144 valence electrons. The summed E-state index contributed by atoms with van der Waals surface area (Å²) in [5.74, 6) is 1.41. The maximum absolute atomic E-state index is 8.21. The molecule has 0 spiro atoms. The zero-order valence-corrected chi connectivity index (χ0v) is 18.6. The lowest BCUT2D eigenvalue weighted by atomic mass is 10.1. The van der Waals surface area contributed by atoms with Crippen LogP contribution in [0, 0.1) is 5.41 Å². The molecular weight excluding hydrogens is 454 g/mol. The third kappa shape index (κ3) is 5.33. The number of rotatable bonds is 8. The van der Waals surface area contributed by atoms with Gasteiger partial charge in [0.1, 0.15) is 5.69 Å². The van der Waals surface area contributed by atoms with Gasteiger partial charge < -0.3 is 11.1 Å². The highest BCUT2D eigenvalue weighted by Gasteiger charge is 2.07. The van der Waals surface area contributed by atoms with Crippen LogP contribution in [0.1, 0.15) is 18.4 Å². The molecule has 0 saturated carbocycles. The van der Waals surface area contributed by atoms with Crippen LogP contribution in [-0.4, -0.2) is 22.7 Å². The minimum absolute atomic E-state index is 0.343. The van der Waals surface area contributed by atoms with E-state index >= 15 is 0 Å². The number of halogens is 1. The van der Waals surface area contributed by atoms with Crippen LogP contribution in [0.4, 0.5) is 17.2 Å². The van der Waals surface area contributed by atoms with Gasteiger partial charge in [0, 0.05) is 32.9 Å². The maximum atomic E-state index is 8.21. The van der Waals surface area contributed by atoms with Crippen molar-refractivity contribution in [1.29, 1.82) is 5.41 Å². The number of hydrogen-bond donors (Lipinski definition) is 2. The van der Waals surface area contributed by atoms with Gasteiger partial charge >= 0.3 is 0 Å². The van der Waals surface area contributed by atoms with Crippen molar-refractivity contribution in [1.82, 2.24) is 4.98 Å². The Balaban J connectivity index is 1.75. The number of benzene rings is 2. The molecule has 28 heavy (non-hydrogen) atoms. The van der Waals surface area contributed by atoms with Crippen molar-refractivity contribution in [2.45, 2.75) is 12.8 Å². The molecular formula is C20H20BrN5S2. The van der Waals surface area contributed by atoms with Gasteiger partial charge in [-0.05, 0) is 48.9 Å². The van der Waals surface area contributed by atoms with Crippen LogP contribution in [0.15, 0.2) is 63.4 Å². The van der Waals surface area contributed by atoms with E-state index in [-0.39, 0.29) is 0 Å². The quantitative estimate of drug-likeness (QED) is 0.157. The largest absolute Gasteiger partial charge is 0.382 e. The molecule has 2 aromatic carbocycles. The average Bonchev–Trinajstić information content (AvgIpc) is 2.70. The Morgan fingerprint density at radius 3 is 2.71 bits per heavy atom. The summed E-state index contributed by atoms with van der Waals surface area (Å²) in [7, 11) is 3.59. The average molecular weight is 474 g/mol. The normalized spacial score (nSPS) is 11.4. The van der Waals surface area contributed by atoms with Crippen LogP contribution in [0.3, 0.4) is 0 Å². The Labute approximate surface area is 180 Å². The lowest BCUT2D eigenvalue weighted by Gasteiger charge is -2.05. The number of nitrogens with zero attached hydrogens (tertiary/aromatic N) is 3. The Bertz CT molecular complexity index is 1000. The van der Waals surface area contributed by atoms with Gasteiger partial charge in [-0.3, -0.25) is 0 Å². The van der Waals surface area contributed by atoms with Gasteiger partial charge in [0.25, 0.3) is 0 Å². The zero-order valence-electron chi connectivity index (χ0n) is 15.4. The molecule has 0 amide bonds. The lowest BCUT2D eigenvalue weighted by Crippen LogP contribution is -1.99. The predicted molar refractivity (Wildman–Crippen MR) is 127 cm³/mol. The molecule has 0 aliphatic carbocycles. The fourth-order valence-corrected chi connectivity index (χ4v) is 4.31. The summed E-state index contributed by atoms with van der Waals surface area (Å²) in [6, 6.07) is 13.4. The molecule has 1 heterocycles. The molecule has 3 N–H and O–H groups in total. The first-order valence-corrected chi connectivity index (χ1v) is 12.2. The zero-order chi connectivity index (χ0) is 19.9. The van der Waals surface area contributed by atoms with Crippen molar-refractivity contribution in [2.75, 3.05) is 17.7 Å². The van der Waals surface area contributed by atoms with Crippen molar-refractivity contribution >= 4 is 71.2 Å². The number of nitrogen functional groups attached to an aromatic ring is 1. The Morgan fingerprint density at radius 1 is 1.18 bits per heavy atom. The molecule has 3 rings (SSSR count). The number of nitrogens with two attached hydrogens (primary N) is 1. The molecule has 8 heteroatoms. The number of pyridine rings is 1. The molecule has 0 atom stereocenters. The highest BCUT2D eigenvalue weighted by Crippen LogP contribution is 2.33. The van der Waals surface area contributed by atoms with Crippen molar-refractivity contribution < 1.29 is 0 Å². The molecule has 1 aromatic heterocycles. The number of azo groups is 1. The molecule has 0 fully saturated rings. The molecule has 0 saturated heterocycles. The molecule has 3 aromatic rings. The van der Waals surface area contributed by atoms with Crippen molar-refractivity contribution in [3.8, 4) is 0 Å². The van der Waals surface area contributed by atoms with Gasteiger partial charge in [-0.15, -0.1) is 5.11 Å². The van der Waals surface area contributed by atoms with Gasteiger partial charge in [0.05, 0.1) is 5.69 Å². The summed E-state index contributed by atoms with van der Waals surface area (Å²) >= 11 is 3.48. The van der Waals surface area contributed by atoms with E-state index in [1.807, 2.05) is 53.3 Å². The molecule has 0 bridgehead atoms. The van der Waals surface area contributed by atoms with E-state index in [2.05, 4.69) is 37.4 Å². The van der Waals surface area contributed by atoms with Crippen LogP contribution in [0.2, 0.25) is 0 Å². The number of nitrogens with one attached hydrogen (secondary N) is 1. The fraction of sp³-hybridized carbons (Fsp3) is 0.200. The van der Waals surface area contributed by atoms with Gasteiger partial charge in [-0.25, -0.2) is 4.98 Å². The fourth-order valence-electron chi connectivity index (χ4n) is 2.66. The number of hydrogen-bond acceptors (Lipinski definition) is 7. The van der Waals surface area contributed by atoms with Gasteiger partial charge in [0.2, 0.25) is 0 Å². The summed E-state index contributed by atoms with van der Waals surface area (Å²) in [6.07, 6.45) is 5.59. The summed E-state index contributed by atoms with van der Waals surface area (Å²) in [5.41, 5.74) is 8.86. The first kappa shape index (κ1) is 20.8. The van der Waals surface area contributed by atoms with E-state index in [0.717, 1.165) is 39.4 Å². The summed E-state index contributed by atoms with van der Waals surface area (Å²) in [5, 5.41) is 18.7. The smallest absolute Gasteiger partial charge is 0.151 e. The van der Waals surface area contributed by atoms with Crippen LogP contribution in [-0.2, 0) is 0 Å².